The van der Waals surface area contributed by atoms with Crippen molar-refractivity contribution in [2.24, 2.45) is 5.92 Å². The van der Waals surface area contributed by atoms with E-state index in [9.17, 15) is 60.7 Å². The third-order valence-electron chi connectivity index (χ3n) is 16.4. The molecule has 25 atom stereocenters. The van der Waals surface area contributed by atoms with Gasteiger partial charge in [-0.15, -0.1) is 0 Å². The fourth-order valence-electron chi connectivity index (χ4n) is 11.7. The van der Waals surface area contributed by atoms with E-state index in [-0.39, 0.29) is 78.2 Å². The molecule has 0 spiro atoms. The van der Waals surface area contributed by atoms with Crippen LogP contribution in [0.4, 0.5) is 0 Å². The molecule has 0 radical (unpaired) electrons. The molecule has 5 aliphatic heterocycles. The lowest BCUT2D eigenvalue weighted by atomic mass is 9.75. The number of benzene rings is 2. The van der Waals surface area contributed by atoms with Gasteiger partial charge in [-0.2, -0.15) is 0 Å². The Hall–Kier alpha value is -3.81. The van der Waals surface area contributed by atoms with Crippen LogP contribution in [0.2, 0.25) is 0 Å². The molecule has 0 amide bonds. The number of carbonyl (C=O) groups excluding carboxylic acids is 3. The number of hydrogen-bond donors (Lipinski definition) is 10. The molecule has 8 rings (SSSR count). The fourth-order valence-corrected chi connectivity index (χ4v) is 11.7. The van der Waals surface area contributed by atoms with Crippen molar-refractivity contribution in [3.05, 3.63) is 28.8 Å². The molecule has 10 N–H and O–H groups in total. The molecule has 2 aromatic rings. The number of carbonyl (C=O) groups is 3. The predicted molar refractivity (Wildman–Crippen MR) is 273 cm³/mol. The smallest absolute Gasteiger partial charge is 0.305 e. The Balaban J connectivity index is 1.03. The summed E-state index contributed by atoms with van der Waals surface area (Å²) < 4.78 is 72.4. The van der Waals surface area contributed by atoms with E-state index in [1.54, 1.807) is 34.6 Å². The van der Waals surface area contributed by atoms with Crippen LogP contribution in [0.25, 0.3) is 10.8 Å². The zero-order valence-electron chi connectivity index (χ0n) is 46.6. The summed E-state index contributed by atoms with van der Waals surface area (Å²) in [5, 5.41) is 111. The van der Waals surface area contributed by atoms with Gasteiger partial charge in [0.2, 0.25) is 6.29 Å². The molecule has 0 aromatic heterocycles. The highest BCUT2D eigenvalue weighted by atomic mass is 16.7. The number of phenolic OH excluding ortho intramolecular Hbond substituents is 2. The molecule has 1 aliphatic carbocycles. The van der Waals surface area contributed by atoms with Crippen LogP contribution in [0, 0.1) is 12.8 Å². The summed E-state index contributed by atoms with van der Waals surface area (Å²) in [7, 11) is 1.18. The number of fused-ring (bicyclic) bond motifs is 2. The Morgan fingerprint density at radius 2 is 1.18 bits per heavy atom. The number of Topliss-reactive ketones (excluding diaryl/α,β-unsaturated/α-hetero) is 2. The quantitative estimate of drug-likeness (QED) is 0.0975. The molecule has 2 aromatic carbocycles. The lowest BCUT2D eigenvalue weighted by Gasteiger charge is -2.46. The number of esters is 1. The van der Waals surface area contributed by atoms with Gasteiger partial charge < -0.3 is 108 Å². The van der Waals surface area contributed by atoms with Crippen molar-refractivity contribution < 1.29 is 122 Å². The van der Waals surface area contributed by atoms with Gasteiger partial charge in [-0.1, -0.05) is 6.92 Å². The van der Waals surface area contributed by atoms with E-state index in [1.807, 2.05) is 0 Å². The number of methoxy groups -OCH3 is 1. The molecule has 450 valence electrons. The summed E-state index contributed by atoms with van der Waals surface area (Å²) in [6, 6.07) is 3.02. The van der Waals surface area contributed by atoms with Gasteiger partial charge in [0, 0.05) is 57.1 Å². The molecular formula is C55H80O25. The minimum Gasteiger partial charge on any atom is -0.507 e. The summed E-state index contributed by atoms with van der Waals surface area (Å²) in [6.07, 6.45) is -27.0. The molecule has 5 fully saturated rings. The summed E-state index contributed by atoms with van der Waals surface area (Å²) in [5.41, 5.74) is -1.51. The minimum absolute atomic E-state index is 0.0183. The molecule has 5 saturated heterocycles. The summed E-state index contributed by atoms with van der Waals surface area (Å²) >= 11 is 0. The van der Waals surface area contributed by atoms with Gasteiger partial charge in [-0.25, -0.2) is 0 Å². The lowest BCUT2D eigenvalue weighted by molar-refractivity contribution is -0.334. The van der Waals surface area contributed by atoms with Crippen molar-refractivity contribution in [1.29, 1.82) is 0 Å². The van der Waals surface area contributed by atoms with E-state index in [0.717, 1.165) is 0 Å². The first-order valence-electron chi connectivity index (χ1n) is 27.5. The zero-order valence-corrected chi connectivity index (χ0v) is 46.6. The van der Waals surface area contributed by atoms with Crippen molar-refractivity contribution in [2.45, 2.75) is 254 Å². The van der Waals surface area contributed by atoms with Gasteiger partial charge in [0.05, 0.1) is 71.5 Å². The van der Waals surface area contributed by atoms with Crippen LogP contribution >= 0.6 is 0 Å². The first-order chi connectivity index (χ1) is 37.6. The molecule has 5 unspecified atom stereocenters. The maximum Gasteiger partial charge on any atom is 0.305 e. The van der Waals surface area contributed by atoms with Gasteiger partial charge >= 0.3 is 5.97 Å². The van der Waals surface area contributed by atoms with Gasteiger partial charge in [0.15, 0.2) is 36.7 Å². The van der Waals surface area contributed by atoms with E-state index < -0.39 is 182 Å². The van der Waals surface area contributed by atoms with Crippen molar-refractivity contribution in [3.63, 3.8) is 0 Å². The Labute approximate surface area is 462 Å². The fraction of sp³-hybridized carbons (Fsp3) is 0.764. The highest BCUT2D eigenvalue weighted by Crippen LogP contribution is 2.48. The van der Waals surface area contributed by atoms with Crippen LogP contribution in [0.3, 0.4) is 0 Å². The molecule has 25 heteroatoms. The Morgan fingerprint density at radius 1 is 0.700 bits per heavy atom. The first-order valence-corrected chi connectivity index (χ1v) is 27.5. The second-order valence-corrected chi connectivity index (χ2v) is 22.5. The molecule has 0 bridgehead atoms. The van der Waals surface area contributed by atoms with Crippen molar-refractivity contribution in [3.8, 4) is 17.2 Å². The average molecular weight is 1140 g/mol. The molecule has 0 saturated carbocycles. The number of hydrogen-bond acceptors (Lipinski definition) is 25. The minimum atomic E-state index is -1.96. The largest absolute Gasteiger partial charge is 0.507 e. The number of aliphatic hydroxyl groups is 8. The molecular weight excluding hydrogens is 1060 g/mol. The number of ketones is 2. The highest BCUT2D eigenvalue weighted by Gasteiger charge is 2.52. The second kappa shape index (κ2) is 25.2. The number of phenols is 2. The average Bonchev–Trinajstić information content (AvgIpc) is 3.58. The number of aliphatic hydroxyl groups excluding tert-OH is 7. The van der Waals surface area contributed by atoms with Gasteiger partial charge in [-0.3, -0.25) is 14.4 Å². The van der Waals surface area contributed by atoms with E-state index >= 15 is 4.79 Å². The van der Waals surface area contributed by atoms with Crippen LogP contribution in [-0.4, -0.2) is 223 Å². The molecule has 5 heterocycles. The van der Waals surface area contributed by atoms with Crippen LogP contribution < -0.4 is 4.74 Å². The number of rotatable bonds is 17. The second-order valence-electron chi connectivity index (χ2n) is 22.5. The standard InChI is InChI=1S/C55H80O25/c1-11-35(57)75-31-15-37(71-22(4)45(31)60)77-32-16-36(70-23(5)46(32)61)76-30-14-28-12-27-13-29(52(69-10)51(66)44(59)21(3)56)53(50(65)42(27)49(64)41(28)43(58)20(30)2)80-39-18-33(47(62)25(7)73-39)78-38-17-34(48(63)24(6)72-38)79-40-19-55(9,68)54(67)26(8)74-40/h12,14,21-26,29,31-34,36-40,44-48,52-54,56,58-64,67-68H,11,13,15-19H2,1-10H3/t21-,22?,23?,24?,25?,26?,29+,31-,32-,33-,34-,36+,37+,38+,39+,40+,44+,45-,46-,47-,48+,52+,53+,54-,55+/m1/s1. The Morgan fingerprint density at radius 3 is 1.69 bits per heavy atom. The third kappa shape index (κ3) is 12.9. The van der Waals surface area contributed by atoms with Crippen molar-refractivity contribution >= 4 is 28.3 Å². The lowest BCUT2D eigenvalue weighted by Crippen LogP contribution is -2.58. The van der Waals surface area contributed by atoms with Crippen molar-refractivity contribution in [1.82, 2.24) is 0 Å². The number of ether oxygens (including phenoxy) is 12. The monoisotopic (exact) mass is 1140 g/mol. The third-order valence-corrected chi connectivity index (χ3v) is 16.4. The van der Waals surface area contributed by atoms with Crippen LogP contribution in [0.5, 0.6) is 17.2 Å². The predicted octanol–water partition coefficient (Wildman–Crippen LogP) is 0.712. The van der Waals surface area contributed by atoms with Gasteiger partial charge in [0.25, 0.3) is 0 Å². The van der Waals surface area contributed by atoms with E-state index in [0.29, 0.717) is 0 Å². The maximum atomic E-state index is 15.1. The summed E-state index contributed by atoms with van der Waals surface area (Å²) in [5.74, 6) is -4.64. The van der Waals surface area contributed by atoms with E-state index in [2.05, 4.69) is 0 Å². The molecule has 25 nitrogen and oxygen atoms in total. The van der Waals surface area contributed by atoms with Crippen LogP contribution in [0.15, 0.2) is 12.1 Å². The number of aromatic hydroxyl groups is 2. The van der Waals surface area contributed by atoms with Crippen molar-refractivity contribution in [2.75, 3.05) is 7.11 Å². The van der Waals surface area contributed by atoms with Crippen LogP contribution in [0.1, 0.15) is 115 Å². The topological polar surface area (TPSA) is 364 Å². The van der Waals surface area contributed by atoms with Gasteiger partial charge in [-0.05, 0) is 84.9 Å². The zero-order chi connectivity index (χ0) is 58.6. The van der Waals surface area contributed by atoms with E-state index in [1.165, 1.54) is 46.9 Å². The molecule has 80 heavy (non-hydrogen) atoms. The normalized spacial score (nSPS) is 40.9. The Bertz CT molecular complexity index is 2510. The Kier molecular flexibility index (Phi) is 19.6. The highest BCUT2D eigenvalue weighted by molar-refractivity contribution is 6.11. The molecule has 6 aliphatic rings. The van der Waals surface area contributed by atoms with Crippen LogP contribution in [-0.2, 0) is 68.1 Å². The van der Waals surface area contributed by atoms with E-state index in [4.69, 9.17) is 56.8 Å². The summed E-state index contributed by atoms with van der Waals surface area (Å²) in [4.78, 5) is 41.1. The SMILES string of the molecule is CCC(=O)O[C@@H]1C[C@H](O[C@@H]2C[C@H](Oc3cc4cc5c(c(O)c4c(O)c3C)C(=O)[C@@H](O[C@H]3C[C@@H](O[C@H]4C[C@@H](O[C@H]6C[C@](C)(O)[C@H](O)C(C)O6)[C@@H](O)C(C)O4)[C@H](O)C(C)O3)[C@H]([C@H](OC)C(=O)[C@@H](O)[C@@H](C)O)C5)OC(C)[C@H]2O)OC(C)[C@H]1O. The first kappa shape index (κ1) is 62.2. The van der Waals surface area contributed by atoms with Gasteiger partial charge in [0.1, 0.15) is 72.2 Å². The summed E-state index contributed by atoms with van der Waals surface area (Å²) in [6.45, 7) is 13.7. The maximum absolute atomic E-state index is 15.1.